The summed E-state index contributed by atoms with van der Waals surface area (Å²) in [7, 11) is 0. The molecular formula is C41H51FN8O3. The molecular weight excluding hydrogens is 672 g/mol. The number of hydrogen-bond donors (Lipinski definition) is 2. The highest BCUT2D eigenvalue weighted by Crippen LogP contribution is 2.52. The van der Waals surface area contributed by atoms with Gasteiger partial charge < -0.3 is 24.8 Å². The van der Waals surface area contributed by atoms with E-state index in [0.29, 0.717) is 48.9 Å². The minimum absolute atomic E-state index is 0.0797. The van der Waals surface area contributed by atoms with Crippen LogP contribution < -0.4 is 10.2 Å². The van der Waals surface area contributed by atoms with Crippen molar-refractivity contribution in [3.8, 4) is 11.3 Å². The Morgan fingerprint density at radius 2 is 1.77 bits per heavy atom. The highest BCUT2D eigenvalue weighted by Gasteiger charge is 2.56. The first-order valence-electron chi connectivity index (χ1n) is 19.2. The van der Waals surface area contributed by atoms with Gasteiger partial charge in [0.15, 0.2) is 11.6 Å². The normalized spacial score (nSPS) is 22.9. The zero-order valence-corrected chi connectivity index (χ0v) is 31.6. The predicted octanol–water partition coefficient (Wildman–Crippen LogP) is 6.44. The van der Waals surface area contributed by atoms with E-state index in [1.54, 1.807) is 17.3 Å². The molecule has 2 amide bonds. The van der Waals surface area contributed by atoms with Crippen LogP contribution in [-0.2, 0) is 15.0 Å². The zero-order valence-electron chi connectivity index (χ0n) is 31.6. The SMILES string of the molecule is CC(C)[C@@H](O)C(=O)N1CCC2(CC1)C(=O)N(C1CC(N3CCC(C)(C)C3)C1)c1cc(-c3cc4ncn(C(C)C)c4c(Nc4ccncc4F)n3)ccc12. The summed E-state index contributed by atoms with van der Waals surface area (Å²) < 4.78 is 16.9. The first-order chi connectivity index (χ1) is 25.3. The van der Waals surface area contributed by atoms with Crippen molar-refractivity contribution < 1.29 is 19.1 Å². The van der Waals surface area contributed by atoms with Crippen molar-refractivity contribution in [1.82, 2.24) is 29.3 Å². The summed E-state index contributed by atoms with van der Waals surface area (Å²) in [6.07, 6.45) is 7.49. The minimum atomic E-state index is -1.05. The molecule has 6 heterocycles. The van der Waals surface area contributed by atoms with E-state index >= 15 is 0 Å². The highest BCUT2D eigenvalue weighted by atomic mass is 19.1. The molecule has 3 aromatic heterocycles. The average molecular weight is 723 g/mol. The molecule has 53 heavy (non-hydrogen) atoms. The van der Waals surface area contributed by atoms with Crippen LogP contribution in [0.2, 0.25) is 0 Å². The molecule has 4 aliphatic rings. The largest absolute Gasteiger partial charge is 0.383 e. The summed E-state index contributed by atoms with van der Waals surface area (Å²) in [6, 6.07) is 10.4. The second kappa shape index (κ2) is 13.2. The number of anilines is 3. The predicted molar refractivity (Wildman–Crippen MR) is 203 cm³/mol. The topological polar surface area (TPSA) is 120 Å². The van der Waals surface area contributed by atoms with Crippen LogP contribution in [0.3, 0.4) is 0 Å². The highest BCUT2D eigenvalue weighted by molar-refractivity contribution is 6.09. The first kappa shape index (κ1) is 35.6. The standard InChI is InChI=1S/C41H51FN8O3/c1-24(2)36(51)38(52)47-15-11-41(12-16-47)29-8-7-26(17-34(29)50(39(41)53)28-18-27(19-28)48-14-10-40(5,6)22-48)32-20-33-35(49(23-44-33)25(3)4)37(46-32)45-31-9-13-43-21-30(31)42/h7-9,13,17,20-21,23-25,27-28,36,51H,10-12,14-16,18-19,22H2,1-6H3,(H,43,45,46)/t27?,28?,36-/m1/s1. The second-order valence-electron chi connectivity index (χ2n) is 17.1. The van der Waals surface area contributed by atoms with E-state index in [0.717, 1.165) is 53.8 Å². The molecule has 11 nitrogen and oxygen atoms in total. The van der Waals surface area contributed by atoms with Crippen LogP contribution in [0, 0.1) is 17.2 Å². The lowest BCUT2D eigenvalue weighted by Gasteiger charge is -2.46. The Morgan fingerprint density at radius 3 is 2.43 bits per heavy atom. The fourth-order valence-corrected chi connectivity index (χ4v) is 9.00. The van der Waals surface area contributed by atoms with Gasteiger partial charge in [0.25, 0.3) is 5.91 Å². The number of nitrogens with one attached hydrogen (secondary N) is 1. The van der Waals surface area contributed by atoms with E-state index in [1.165, 1.54) is 18.8 Å². The molecule has 4 aromatic rings. The second-order valence-corrected chi connectivity index (χ2v) is 17.1. The molecule has 12 heteroatoms. The van der Waals surface area contributed by atoms with Crippen molar-refractivity contribution in [2.45, 2.75) is 103 Å². The smallest absolute Gasteiger partial charge is 0.251 e. The molecule has 1 saturated carbocycles. The number of carbonyl (C=O) groups excluding carboxylic acids is 2. The van der Waals surface area contributed by atoms with Gasteiger partial charge in [-0.25, -0.2) is 14.4 Å². The summed E-state index contributed by atoms with van der Waals surface area (Å²) in [4.78, 5) is 48.1. The Morgan fingerprint density at radius 1 is 1.02 bits per heavy atom. The van der Waals surface area contributed by atoms with Crippen molar-refractivity contribution in [3.05, 3.63) is 60.4 Å². The van der Waals surface area contributed by atoms with E-state index in [-0.39, 0.29) is 35.5 Å². The molecule has 3 fully saturated rings. The number of fused-ring (bicyclic) bond motifs is 3. The van der Waals surface area contributed by atoms with Crippen LogP contribution in [-0.4, -0.2) is 90.6 Å². The first-order valence-corrected chi connectivity index (χ1v) is 19.2. The van der Waals surface area contributed by atoms with E-state index in [4.69, 9.17) is 9.97 Å². The maximum atomic E-state index is 14.9. The molecule has 1 spiro atoms. The van der Waals surface area contributed by atoms with Gasteiger partial charge in [-0.1, -0.05) is 39.8 Å². The van der Waals surface area contributed by atoms with Crippen LogP contribution in [0.1, 0.15) is 85.3 Å². The number of nitrogens with zero attached hydrogens (tertiary/aromatic N) is 7. The fourth-order valence-electron chi connectivity index (χ4n) is 9.00. The fraction of sp³-hybridized carbons (Fsp3) is 0.537. The van der Waals surface area contributed by atoms with Gasteiger partial charge >= 0.3 is 0 Å². The van der Waals surface area contributed by atoms with Gasteiger partial charge in [-0.05, 0) is 87.6 Å². The summed E-state index contributed by atoms with van der Waals surface area (Å²) in [5, 5.41) is 13.8. The number of carbonyl (C=O) groups is 2. The third-order valence-electron chi connectivity index (χ3n) is 12.3. The van der Waals surface area contributed by atoms with E-state index in [1.807, 2.05) is 30.5 Å². The third-order valence-corrected chi connectivity index (χ3v) is 12.3. The van der Waals surface area contributed by atoms with Crippen molar-refractivity contribution >= 4 is 40.0 Å². The number of halogens is 1. The average Bonchev–Trinajstić information content (AvgIpc) is 3.77. The molecule has 2 N–H and O–H groups in total. The van der Waals surface area contributed by atoms with Gasteiger partial charge in [-0.15, -0.1) is 0 Å². The van der Waals surface area contributed by atoms with Crippen molar-refractivity contribution in [1.29, 1.82) is 0 Å². The van der Waals surface area contributed by atoms with E-state index in [9.17, 15) is 19.1 Å². The Bertz CT molecular complexity index is 2060. The number of aromatic nitrogens is 4. The molecule has 1 aromatic carbocycles. The molecule has 0 radical (unpaired) electrons. The molecule has 1 aliphatic carbocycles. The Labute approximate surface area is 310 Å². The number of piperidine rings is 1. The lowest BCUT2D eigenvalue weighted by atomic mass is 9.73. The van der Waals surface area contributed by atoms with Gasteiger partial charge in [0.2, 0.25) is 5.91 Å². The summed E-state index contributed by atoms with van der Waals surface area (Å²) >= 11 is 0. The van der Waals surface area contributed by atoms with Crippen LogP contribution in [0.5, 0.6) is 0 Å². The number of aliphatic hydroxyl groups excluding tert-OH is 1. The molecule has 2 saturated heterocycles. The van der Waals surface area contributed by atoms with Crippen molar-refractivity contribution in [3.63, 3.8) is 0 Å². The van der Waals surface area contributed by atoms with Crippen LogP contribution in [0.4, 0.5) is 21.6 Å². The van der Waals surface area contributed by atoms with Crippen molar-refractivity contribution in [2.75, 3.05) is 36.4 Å². The number of imidazole rings is 1. The van der Waals surface area contributed by atoms with Gasteiger partial charge in [-0.2, -0.15) is 0 Å². The number of hydrogen-bond acceptors (Lipinski definition) is 8. The Kier molecular flexibility index (Phi) is 8.84. The summed E-state index contributed by atoms with van der Waals surface area (Å²) in [6.45, 7) is 15.5. The Hall–Kier alpha value is -4.42. The molecule has 280 valence electrons. The summed E-state index contributed by atoms with van der Waals surface area (Å²) in [5.41, 5.74) is 4.73. The number of pyridine rings is 2. The maximum absolute atomic E-state index is 14.9. The van der Waals surface area contributed by atoms with E-state index < -0.39 is 17.3 Å². The lowest BCUT2D eigenvalue weighted by Crippen LogP contribution is -2.58. The van der Waals surface area contributed by atoms with Crippen LogP contribution >= 0.6 is 0 Å². The van der Waals surface area contributed by atoms with Crippen LogP contribution in [0.15, 0.2) is 49.1 Å². The number of rotatable bonds is 8. The van der Waals surface area contributed by atoms with E-state index in [2.05, 4.69) is 59.9 Å². The maximum Gasteiger partial charge on any atom is 0.251 e. The number of likely N-dealkylation sites (tertiary alicyclic amines) is 2. The molecule has 0 unspecified atom stereocenters. The number of amides is 2. The quantitative estimate of drug-likeness (QED) is 0.213. The molecule has 3 aliphatic heterocycles. The lowest BCUT2D eigenvalue weighted by molar-refractivity contribution is -0.145. The monoisotopic (exact) mass is 722 g/mol. The van der Waals surface area contributed by atoms with Crippen LogP contribution in [0.25, 0.3) is 22.3 Å². The van der Waals surface area contributed by atoms with Gasteiger partial charge in [0.1, 0.15) is 11.6 Å². The zero-order chi connectivity index (χ0) is 37.4. The molecule has 8 rings (SSSR count). The number of benzene rings is 1. The molecule has 0 bridgehead atoms. The summed E-state index contributed by atoms with van der Waals surface area (Å²) in [5.74, 6) is -0.334. The van der Waals surface area contributed by atoms with Gasteiger partial charge in [-0.3, -0.25) is 19.5 Å². The van der Waals surface area contributed by atoms with Crippen molar-refractivity contribution in [2.24, 2.45) is 11.3 Å². The molecule has 1 atom stereocenters. The minimum Gasteiger partial charge on any atom is -0.383 e. The third kappa shape index (κ3) is 6.07. The number of aliphatic hydroxyl groups is 1. The van der Waals surface area contributed by atoms with Gasteiger partial charge in [0, 0.05) is 55.2 Å². The van der Waals surface area contributed by atoms with Gasteiger partial charge in [0.05, 0.1) is 34.8 Å². The Balaban J connectivity index is 1.17.